The van der Waals surface area contributed by atoms with Crippen molar-refractivity contribution >= 4 is 29.8 Å². The van der Waals surface area contributed by atoms with E-state index in [9.17, 15) is 49.5 Å². The molecule has 0 spiro atoms. The predicted octanol–water partition coefficient (Wildman–Crippen LogP) is 0.248. The Labute approximate surface area is 280 Å². The number of carbonyl (C=O) groups is 5. The number of benzene rings is 5. The largest absolute Gasteiger partial charge is 5.00 e. The number of rotatable bonds is 5. The number of carboxylic acids is 5. The van der Waals surface area contributed by atoms with E-state index in [1.165, 1.54) is 60.7 Å². The van der Waals surface area contributed by atoms with Crippen LogP contribution < -0.4 is 25.5 Å². The molecule has 0 saturated heterocycles. The minimum atomic E-state index is -1.13. The number of carbonyl (C=O) groups excluding carboxylic acids is 5. The van der Waals surface area contributed by atoms with E-state index < -0.39 is 29.8 Å². The summed E-state index contributed by atoms with van der Waals surface area (Å²) in [6, 6.07) is 40.3. The summed E-state index contributed by atoms with van der Waals surface area (Å²) in [6.07, 6.45) is 0. The van der Waals surface area contributed by atoms with Crippen molar-refractivity contribution in [3.05, 3.63) is 179 Å². The molecule has 0 saturated carbocycles. The zero-order valence-electron chi connectivity index (χ0n) is 24.0. The van der Waals surface area contributed by atoms with Crippen LogP contribution in [0.5, 0.6) is 0 Å². The molecule has 11 heteroatoms. The van der Waals surface area contributed by atoms with Gasteiger partial charge < -0.3 is 49.5 Å². The molecular formula is C35H25O10Ta. The topological polar surface area (TPSA) is 201 Å². The van der Waals surface area contributed by atoms with Crippen molar-refractivity contribution < 1.29 is 71.9 Å². The Morgan fingerprint density at radius 1 is 0.261 bits per heavy atom. The fraction of sp³-hybridized carbons (Fsp3) is 0. The van der Waals surface area contributed by atoms with Crippen molar-refractivity contribution in [2.45, 2.75) is 0 Å². The Hall–Kier alpha value is -5.81. The van der Waals surface area contributed by atoms with Gasteiger partial charge in [0.25, 0.3) is 0 Å². The summed E-state index contributed by atoms with van der Waals surface area (Å²) < 4.78 is 0. The van der Waals surface area contributed by atoms with E-state index in [4.69, 9.17) is 0 Å². The molecule has 0 aromatic heterocycles. The van der Waals surface area contributed by atoms with E-state index in [1.54, 1.807) is 91.0 Å². The second kappa shape index (κ2) is 23.6. The van der Waals surface area contributed by atoms with Gasteiger partial charge in [-0.05, 0) is 27.8 Å². The monoisotopic (exact) mass is 786 g/mol. The van der Waals surface area contributed by atoms with Gasteiger partial charge in [0.1, 0.15) is 0 Å². The van der Waals surface area contributed by atoms with Crippen molar-refractivity contribution in [1.29, 1.82) is 0 Å². The third-order valence-corrected chi connectivity index (χ3v) is 5.05. The first-order valence-corrected chi connectivity index (χ1v) is 12.8. The summed E-state index contributed by atoms with van der Waals surface area (Å²) in [7, 11) is 0. The molecule has 5 rings (SSSR count). The van der Waals surface area contributed by atoms with Crippen molar-refractivity contribution in [1.82, 2.24) is 0 Å². The second-order valence-electron chi connectivity index (χ2n) is 8.27. The van der Waals surface area contributed by atoms with Gasteiger partial charge in [-0.2, -0.15) is 0 Å². The maximum absolute atomic E-state index is 10.1. The number of hydrogen-bond donors (Lipinski definition) is 0. The van der Waals surface area contributed by atoms with Gasteiger partial charge in [-0.3, -0.25) is 0 Å². The first kappa shape index (κ1) is 40.2. The molecule has 0 fully saturated rings. The quantitative estimate of drug-likeness (QED) is 0.238. The molecule has 5 aromatic carbocycles. The molecule has 46 heavy (non-hydrogen) atoms. The van der Waals surface area contributed by atoms with E-state index in [1.807, 2.05) is 0 Å². The molecule has 0 aliphatic heterocycles. The Kier molecular flexibility index (Phi) is 20.6. The average Bonchev–Trinajstić information content (AvgIpc) is 3.08. The Bertz CT molecular complexity index is 1310. The van der Waals surface area contributed by atoms with Crippen molar-refractivity contribution in [3.8, 4) is 0 Å². The zero-order valence-corrected chi connectivity index (χ0v) is 27.2. The first-order chi connectivity index (χ1) is 21.5. The fourth-order valence-electron chi connectivity index (χ4n) is 2.87. The van der Waals surface area contributed by atoms with Gasteiger partial charge in [0.2, 0.25) is 0 Å². The van der Waals surface area contributed by atoms with Crippen LogP contribution in [-0.2, 0) is 22.4 Å². The smallest absolute Gasteiger partial charge is 0.545 e. The number of hydrogen-bond acceptors (Lipinski definition) is 10. The molecule has 10 nitrogen and oxygen atoms in total. The predicted molar refractivity (Wildman–Crippen MR) is 154 cm³/mol. The zero-order chi connectivity index (χ0) is 33.5. The van der Waals surface area contributed by atoms with Crippen LogP contribution in [0.2, 0.25) is 0 Å². The van der Waals surface area contributed by atoms with Crippen molar-refractivity contribution in [2.24, 2.45) is 0 Å². The molecule has 0 aliphatic rings. The molecule has 0 unspecified atom stereocenters. The van der Waals surface area contributed by atoms with E-state index in [2.05, 4.69) is 0 Å². The summed E-state index contributed by atoms with van der Waals surface area (Å²) in [5.74, 6) is -5.65. The molecule has 0 heterocycles. The third-order valence-electron chi connectivity index (χ3n) is 5.05. The maximum atomic E-state index is 10.1. The van der Waals surface area contributed by atoms with E-state index in [0.29, 0.717) is 0 Å². The van der Waals surface area contributed by atoms with Gasteiger partial charge >= 0.3 is 22.4 Å². The summed E-state index contributed by atoms with van der Waals surface area (Å²) in [4.78, 5) is 50.4. The molecule has 0 radical (unpaired) electrons. The fourth-order valence-corrected chi connectivity index (χ4v) is 2.87. The summed E-state index contributed by atoms with van der Waals surface area (Å²) >= 11 is 0. The number of carboxylic acid groups (broad SMARTS) is 5. The van der Waals surface area contributed by atoms with Crippen LogP contribution >= 0.6 is 0 Å². The van der Waals surface area contributed by atoms with Crippen LogP contribution in [0.15, 0.2) is 152 Å². The third kappa shape index (κ3) is 18.0. The van der Waals surface area contributed by atoms with Gasteiger partial charge in [-0.15, -0.1) is 0 Å². The van der Waals surface area contributed by atoms with Gasteiger partial charge in [-0.25, -0.2) is 0 Å². The van der Waals surface area contributed by atoms with Gasteiger partial charge in [-0.1, -0.05) is 152 Å². The van der Waals surface area contributed by atoms with E-state index in [0.717, 1.165) is 0 Å². The van der Waals surface area contributed by atoms with Crippen LogP contribution in [0.3, 0.4) is 0 Å². The minimum Gasteiger partial charge on any atom is -0.545 e. The van der Waals surface area contributed by atoms with Crippen molar-refractivity contribution in [3.63, 3.8) is 0 Å². The molecular weight excluding hydrogens is 761 g/mol. The standard InChI is InChI=1S/5C7H6O2.Ta/c5*8-7(9)6-4-2-1-3-5-6;/h5*1-5H,(H,8,9);/q;;;;;+5/p-5. The van der Waals surface area contributed by atoms with E-state index >= 15 is 0 Å². The molecule has 0 bridgehead atoms. The Morgan fingerprint density at radius 2 is 0.370 bits per heavy atom. The molecule has 0 amide bonds. The summed E-state index contributed by atoms with van der Waals surface area (Å²) in [5.41, 5.74) is 1.10. The van der Waals surface area contributed by atoms with Crippen molar-refractivity contribution in [2.75, 3.05) is 0 Å². The Balaban J connectivity index is 0.000000547. The molecule has 230 valence electrons. The van der Waals surface area contributed by atoms with Crippen LogP contribution in [0, 0.1) is 0 Å². The van der Waals surface area contributed by atoms with Gasteiger partial charge in [0.05, 0.1) is 29.8 Å². The number of aromatic carboxylic acids is 5. The molecule has 5 aromatic rings. The normalized spacial score (nSPS) is 8.70. The van der Waals surface area contributed by atoms with Crippen LogP contribution in [-0.4, -0.2) is 29.8 Å². The van der Waals surface area contributed by atoms with Crippen LogP contribution in [0.4, 0.5) is 0 Å². The molecule has 0 atom stereocenters. The SMILES string of the molecule is O=C([O-])c1ccccc1.O=C([O-])c1ccccc1.O=C([O-])c1ccccc1.O=C([O-])c1ccccc1.O=C([O-])c1ccccc1.[Ta+5]. The average molecular weight is 787 g/mol. The van der Waals surface area contributed by atoms with Crippen LogP contribution in [0.1, 0.15) is 51.8 Å². The maximum Gasteiger partial charge on any atom is 5.00 e. The van der Waals surface area contributed by atoms with Gasteiger partial charge in [0, 0.05) is 0 Å². The first-order valence-electron chi connectivity index (χ1n) is 12.8. The molecule has 0 N–H and O–H groups in total. The summed E-state index contributed by atoms with van der Waals surface area (Å²) in [5, 5.41) is 50.4. The second-order valence-corrected chi connectivity index (χ2v) is 8.27. The molecule has 0 aliphatic carbocycles. The van der Waals surface area contributed by atoms with E-state index in [-0.39, 0.29) is 50.2 Å². The summed E-state index contributed by atoms with van der Waals surface area (Å²) in [6.45, 7) is 0. The van der Waals surface area contributed by atoms with Crippen LogP contribution in [0.25, 0.3) is 0 Å². The van der Waals surface area contributed by atoms with Gasteiger partial charge in [0.15, 0.2) is 0 Å². The Morgan fingerprint density at radius 3 is 0.435 bits per heavy atom. The minimum absolute atomic E-state index is 0.